The average Bonchev–Trinajstić information content (AvgIpc) is 3.03. The van der Waals surface area contributed by atoms with Crippen LogP contribution in [0.2, 0.25) is 0 Å². The number of rotatable bonds is 4. The zero-order chi connectivity index (χ0) is 16.5. The fraction of sp³-hybridized carbons (Fsp3) is 0.786. The van der Waals surface area contributed by atoms with Crippen LogP contribution in [0, 0.1) is 0 Å². The predicted molar refractivity (Wildman–Crippen MR) is 89.5 cm³/mol. The highest BCUT2D eigenvalue weighted by molar-refractivity contribution is 7.86. The maximum absolute atomic E-state index is 12.4. The average molecular weight is 361 g/mol. The molecule has 0 N–H and O–H groups in total. The van der Waals surface area contributed by atoms with Crippen molar-refractivity contribution in [1.82, 2.24) is 18.5 Å². The van der Waals surface area contributed by atoms with E-state index in [1.54, 1.807) is 29.7 Å². The minimum absolute atomic E-state index is 0.333. The maximum Gasteiger partial charge on any atom is 0.281 e. The van der Waals surface area contributed by atoms with Crippen molar-refractivity contribution in [3.8, 4) is 0 Å². The first kappa shape index (κ1) is 17.2. The Kier molecular flexibility index (Phi) is 5.05. The standard InChI is InChI=1S/C14H24N4O3S2/c1-16(2)23(19,20)18-8-9-21-14(12-18)3-6-17(7-4-14)11-13-15-5-10-22-13/h5,10H,3-4,6-9,11-12H2,1-2H3. The Balaban J connectivity index is 1.61. The lowest BCUT2D eigenvalue weighted by Gasteiger charge is -2.47. The molecule has 0 saturated carbocycles. The second kappa shape index (κ2) is 6.73. The van der Waals surface area contributed by atoms with Crippen LogP contribution in [0.4, 0.5) is 0 Å². The van der Waals surface area contributed by atoms with Gasteiger partial charge in [-0.15, -0.1) is 11.3 Å². The molecule has 2 aliphatic heterocycles. The van der Waals surface area contributed by atoms with Crippen LogP contribution in [-0.4, -0.2) is 79.4 Å². The molecule has 2 aliphatic rings. The molecule has 23 heavy (non-hydrogen) atoms. The number of ether oxygens (including phenoxy) is 1. The highest BCUT2D eigenvalue weighted by Crippen LogP contribution is 2.32. The minimum Gasteiger partial charge on any atom is -0.372 e. The molecule has 1 aromatic rings. The van der Waals surface area contributed by atoms with Crippen molar-refractivity contribution in [2.24, 2.45) is 0 Å². The zero-order valence-electron chi connectivity index (χ0n) is 13.6. The van der Waals surface area contributed by atoms with Crippen molar-refractivity contribution >= 4 is 21.5 Å². The Morgan fingerprint density at radius 2 is 2.09 bits per heavy atom. The minimum atomic E-state index is -3.37. The second-order valence-corrected chi connectivity index (χ2v) is 9.48. The third-order valence-electron chi connectivity index (χ3n) is 4.61. The van der Waals surface area contributed by atoms with Crippen molar-refractivity contribution in [2.45, 2.75) is 25.0 Å². The summed E-state index contributed by atoms with van der Waals surface area (Å²) in [4.78, 5) is 6.70. The lowest BCUT2D eigenvalue weighted by atomic mass is 9.90. The number of nitrogens with zero attached hydrogens (tertiary/aromatic N) is 4. The van der Waals surface area contributed by atoms with E-state index in [1.165, 1.54) is 4.31 Å². The monoisotopic (exact) mass is 360 g/mol. The van der Waals surface area contributed by atoms with Gasteiger partial charge in [0.2, 0.25) is 0 Å². The number of hydrogen-bond acceptors (Lipinski definition) is 6. The number of piperidine rings is 1. The van der Waals surface area contributed by atoms with Crippen LogP contribution in [-0.2, 0) is 21.5 Å². The van der Waals surface area contributed by atoms with E-state index in [4.69, 9.17) is 4.74 Å². The summed E-state index contributed by atoms with van der Waals surface area (Å²) in [5.74, 6) is 0. The van der Waals surface area contributed by atoms with E-state index < -0.39 is 10.2 Å². The maximum atomic E-state index is 12.4. The molecule has 1 aromatic heterocycles. The third-order valence-corrected chi connectivity index (χ3v) is 7.26. The second-order valence-electron chi connectivity index (χ2n) is 6.36. The van der Waals surface area contributed by atoms with E-state index in [2.05, 4.69) is 9.88 Å². The summed E-state index contributed by atoms with van der Waals surface area (Å²) in [6.07, 6.45) is 3.55. The first-order valence-corrected chi connectivity index (χ1v) is 10.1. The molecule has 0 atom stereocenters. The largest absolute Gasteiger partial charge is 0.372 e. The smallest absolute Gasteiger partial charge is 0.281 e. The van der Waals surface area contributed by atoms with Crippen molar-refractivity contribution in [2.75, 3.05) is 46.9 Å². The molecule has 0 bridgehead atoms. The molecule has 3 rings (SSSR count). The van der Waals surface area contributed by atoms with Gasteiger partial charge in [-0.25, -0.2) is 4.98 Å². The molecule has 0 amide bonds. The van der Waals surface area contributed by atoms with E-state index >= 15 is 0 Å². The van der Waals surface area contributed by atoms with Crippen molar-refractivity contribution in [1.29, 1.82) is 0 Å². The molecule has 0 unspecified atom stereocenters. The summed E-state index contributed by atoms with van der Waals surface area (Å²) >= 11 is 1.67. The van der Waals surface area contributed by atoms with E-state index in [1.807, 2.05) is 11.6 Å². The lowest BCUT2D eigenvalue weighted by molar-refractivity contribution is -0.120. The summed E-state index contributed by atoms with van der Waals surface area (Å²) in [5, 5.41) is 3.12. The van der Waals surface area contributed by atoms with Crippen molar-refractivity contribution in [3.05, 3.63) is 16.6 Å². The van der Waals surface area contributed by atoms with Gasteiger partial charge in [0.1, 0.15) is 5.01 Å². The highest BCUT2D eigenvalue weighted by atomic mass is 32.2. The Hall–Kier alpha value is -0.580. The van der Waals surface area contributed by atoms with Crippen molar-refractivity contribution in [3.63, 3.8) is 0 Å². The molecule has 1 spiro atoms. The molecule has 7 nitrogen and oxygen atoms in total. The Labute approximate surface area is 142 Å². The molecule has 2 fully saturated rings. The molecule has 0 aliphatic carbocycles. The molecular weight excluding hydrogens is 336 g/mol. The van der Waals surface area contributed by atoms with Crippen LogP contribution in [0.5, 0.6) is 0 Å². The van der Waals surface area contributed by atoms with Crippen LogP contribution >= 0.6 is 11.3 Å². The zero-order valence-corrected chi connectivity index (χ0v) is 15.3. The lowest BCUT2D eigenvalue weighted by Crippen LogP contribution is -2.59. The predicted octanol–water partition coefficient (Wildman–Crippen LogP) is 0.616. The van der Waals surface area contributed by atoms with Gasteiger partial charge in [-0.3, -0.25) is 4.90 Å². The summed E-state index contributed by atoms with van der Waals surface area (Å²) in [6, 6.07) is 0. The van der Waals surface area contributed by atoms with Gasteiger partial charge >= 0.3 is 0 Å². The molecule has 2 saturated heterocycles. The Bertz CT molecular complexity index is 610. The van der Waals surface area contributed by atoms with Gasteiger partial charge in [0.05, 0.1) is 18.8 Å². The molecule has 130 valence electrons. The SMILES string of the molecule is CN(C)S(=O)(=O)N1CCOC2(CCN(Cc3nccs3)CC2)C1. The van der Waals surface area contributed by atoms with E-state index in [9.17, 15) is 8.42 Å². The normalized spacial score (nSPS) is 23.6. The van der Waals surface area contributed by atoms with E-state index in [-0.39, 0.29) is 5.60 Å². The van der Waals surface area contributed by atoms with E-state index in [0.717, 1.165) is 37.5 Å². The number of likely N-dealkylation sites (tertiary alicyclic amines) is 1. The van der Waals surface area contributed by atoms with E-state index in [0.29, 0.717) is 19.7 Å². The number of morpholine rings is 1. The molecular formula is C14H24N4O3S2. The van der Waals surface area contributed by atoms with Crippen LogP contribution in [0.1, 0.15) is 17.8 Å². The topological polar surface area (TPSA) is 66.0 Å². The molecule has 3 heterocycles. The van der Waals surface area contributed by atoms with Gasteiger partial charge in [-0.1, -0.05) is 0 Å². The first-order valence-electron chi connectivity index (χ1n) is 7.84. The summed E-state index contributed by atoms with van der Waals surface area (Å²) in [5.41, 5.74) is -0.333. The van der Waals surface area contributed by atoms with Crippen LogP contribution in [0.3, 0.4) is 0 Å². The number of thiazole rings is 1. The van der Waals surface area contributed by atoms with Gasteiger partial charge in [-0.05, 0) is 12.8 Å². The molecule has 0 aromatic carbocycles. The Morgan fingerprint density at radius 3 is 2.70 bits per heavy atom. The van der Waals surface area contributed by atoms with Gasteiger partial charge in [0.15, 0.2) is 0 Å². The fourth-order valence-corrected chi connectivity index (χ4v) is 5.00. The summed E-state index contributed by atoms with van der Waals surface area (Å²) in [7, 11) is -0.210. The quantitative estimate of drug-likeness (QED) is 0.787. The Morgan fingerprint density at radius 1 is 1.35 bits per heavy atom. The van der Waals surface area contributed by atoms with Gasteiger partial charge in [0.25, 0.3) is 10.2 Å². The molecule has 0 radical (unpaired) electrons. The van der Waals surface area contributed by atoms with Gasteiger partial charge in [0, 0.05) is 51.9 Å². The fourth-order valence-electron chi connectivity index (χ4n) is 3.18. The highest BCUT2D eigenvalue weighted by Gasteiger charge is 2.43. The first-order chi connectivity index (χ1) is 10.9. The number of aromatic nitrogens is 1. The third kappa shape index (κ3) is 3.75. The summed E-state index contributed by atoms with van der Waals surface area (Å²) in [6.45, 7) is 4.06. The molecule has 9 heteroatoms. The van der Waals surface area contributed by atoms with Crippen LogP contribution in [0.25, 0.3) is 0 Å². The van der Waals surface area contributed by atoms with Gasteiger partial charge in [-0.2, -0.15) is 17.0 Å². The summed E-state index contributed by atoms with van der Waals surface area (Å²) < 4.78 is 33.6. The van der Waals surface area contributed by atoms with Crippen LogP contribution in [0.15, 0.2) is 11.6 Å². The van der Waals surface area contributed by atoms with Crippen LogP contribution < -0.4 is 0 Å². The van der Waals surface area contributed by atoms with Crippen molar-refractivity contribution < 1.29 is 13.2 Å². The van der Waals surface area contributed by atoms with Gasteiger partial charge < -0.3 is 4.74 Å². The number of hydrogen-bond donors (Lipinski definition) is 0.